The molecule has 28 heavy (non-hydrogen) atoms. The van der Waals surface area contributed by atoms with Gasteiger partial charge in [0.1, 0.15) is 6.04 Å². The number of carbonyl (C=O) groups is 2. The molecule has 0 unspecified atom stereocenters. The van der Waals surface area contributed by atoms with Crippen LogP contribution in [0.1, 0.15) is 54.8 Å². The van der Waals surface area contributed by atoms with Crippen molar-refractivity contribution in [1.82, 2.24) is 15.1 Å². The van der Waals surface area contributed by atoms with Crippen molar-refractivity contribution in [3.05, 3.63) is 52.3 Å². The van der Waals surface area contributed by atoms with Crippen molar-refractivity contribution in [2.45, 2.75) is 66.5 Å². The van der Waals surface area contributed by atoms with E-state index in [1.807, 2.05) is 32.4 Å². The van der Waals surface area contributed by atoms with E-state index in [-0.39, 0.29) is 18.2 Å². The van der Waals surface area contributed by atoms with Gasteiger partial charge in [-0.15, -0.1) is 0 Å². The number of carbonyl (C=O) groups excluding carboxylic acids is 1. The molecule has 1 aromatic carbocycles. The van der Waals surface area contributed by atoms with Crippen LogP contribution < -0.4 is 5.32 Å². The van der Waals surface area contributed by atoms with E-state index in [2.05, 4.69) is 41.6 Å². The molecular weight excluding hydrogens is 354 g/mol. The summed E-state index contributed by atoms with van der Waals surface area (Å²) in [6.45, 7) is 10.6. The van der Waals surface area contributed by atoms with Crippen molar-refractivity contribution in [2.75, 3.05) is 0 Å². The number of aryl methyl sites for hydroxylation is 2. The van der Waals surface area contributed by atoms with Crippen LogP contribution in [0.2, 0.25) is 0 Å². The van der Waals surface area contributed by atoms with Gasteiger partial charge in [0.2, 0.25) is 5.91 Å². The SMILES string of the molecule is Cc1ccc(Cn2nc(C)c(CCC(=O)N[C@H](CC(C)C)C(=O)O)c2C)cc1. The molecular formula is C22H31N3O3. The highest BCUT2D eigenvalue weighted by Crippen LogP contribution is 2.17. The molecule has 1 heterocycles. The first-order valence-electron chi connectivity index (χ1n) is 9.78. The summed E-state index contributed by atoms with van der Waals surface area (Å²) in [5.74, 6) is -1.02. The van der Waals surface area contributed by atoms with Gasteiger partial charge in [0.05, 0.1) is 12.2 Å². The summed E-state index contributed by atoms with van der Waals surface area (Å²) in [5.41, 5.74) is 5.41. The fourth-order valence-corrected chi connectivity index (χ4v) is 3.31. The third-order valence-corrected chi connectivity index (χ3v) is 4.93. The Morgan fingerprint density at radius 1 is 1.14 bits per heavy atom. The number of benzene rings is 1. The van der Waals surface area contributed by atoms with Crippen molar-refractivity contribution in [1.29, 1.82) is 0 Å². The minimum Gasteiger partial charge on any atom is -0.480 e. The average Bonchev–Trinajstić information content (AvgIpc) is 2.87. The zero-order valence-corrected chi connectivity index (χ0v) is 17.5. The standard InChI is InChI=1S/C22H31N3O3/c1-14(2)12-20(22(27)28)23-21(26)11-10-19-16(4)24-25(17(19)5)13-18-8-6-15(3)7-9-18/h6-9,14,20H,10-13H2,1-5H3,(H,23,26)(H,27,28)/t20-/m1/s1. The Balaban J connectivity index is 2.00. The summed E-state index contributed by atoms with van der Waals surface area (Å²) in [7, 11) is 0. The summed E-state index contributed by atoms with van der Waals surface area (Å²) < 4.78 is 1.96. The zero-order chi connectivity index (χ0) is 20.8. The minimum atomic E-state index is -0.986. The topological polar surface area (TPSA) is 84.2 Å². The maximum absolute atomic E-state index is 12.3. The number of hydrogen-bond acceptors (Lipinski definition) is 3. The maximum atomic E-state index is 12.3. The molecule has 6 heteroatoms. The van der Waals surface area contributed by atoms with Crippen molar-refractivity contribution < 1.29 is 14.7 Å². The van der Waals surface area contributed by atoms with E-state index in [0.717, 1.165) is 17.0 Å². The Morgan fingerprint density at radius 3 is 2.36 bits per heavy atom. The predicted molar refractivity (Wildman–Crippen MR) is 109 cm³/mol. The summed E-state index contributed by atoms with van der Waals surface area (Å²) >= 11 is 0. The van der Waals surface area contributed by atoms with Gasteiger partial charge in [-0.3, -0.25) is 9.48 Å². The molecule has 1 amide bonds. The van der Waals surface area contributed by atoms with Crippen molar-refractivity contribution in [2.24, 2.45) is 5.92 Å². The first kappa shape index (κ1) is 21.7. The van der Waals surface area contributed by atoms with E-state index in [1.165, 1.54) is 11.1 Å². The summed E-state index contributed by atoms with van der Waals surface area (Å²) in [6, 6.07) is 7.53. The van der Waals surface area contributed by atoms with Gasteiger partial charge in [-0.2, -0.15) is 5.10 Å². The van der Waals surface area contributed by atoms with Crippen LogP contribution in [0.3, 0.4) is 0 Å². The van der Waals surface area contributed by atoms with Crippen molar-refractivity contribution >= 4 is 11.9 Å². The lowest BCUT2D eigenvalue weighted by molar-refractivity contribution is -0.142. The summed E-state index contributed by atoms with van der Waals surface area (Å²) in [4.78, 5) is 23.6. The van der Waals surface area contributed by atoms with Crippen LogP contribution in [-0.2, 0) is 22.6 Å². The van der Waals surface area contributed by atoms with E-state index in [9.17, 15) is 14.7 Å². The highest BCUT2D eigenvalue weighted by Gasteiger charge is 2.21. The highest BCUT2D eigenvalue weighted by atomic mass is 16.4. The Labute approximate surface area is 167 Å². The lowest BCUT2D eigenvalue weighted by Gasteiger charge is -2.16. The van der Waals surface area contributed by atoms with Gasteiger partial charge in [0.15, 0.2) is 0 Å². The molecule has 2 N–H and O–H groups in total. The number of carboxylic acid groups (broad SMARTS) is 1. The molecule has 0 radical (unpaired) electrons. The van der Waals surface area contributed by atoms with Gasteiger partial charge in [0.25, 0.3) is 0 Å². The van der Waals surface area contributed by atoms with Crippen LogP contribution in [0.5, 0.6) is 0 Å². The van der Waals surface area contributed by atoms with Gasteiger partial charge in [-0.05, 0) is 50.7 Å². The van der Waals surface area contributed by atoms with Crippen LogP contribution in [-0.4, -0.2) is 32.8 Å². The molecule has 0 fully saturated rings. The fourth-order valence-electron chi connectivity index (χ4n) is 3.31. The Kier molecular flexibility index (Phi) is 7.38. The Hall–Kier alpha value is -2.63. The lowest BCUT2D eigenvalue weighted by Crippen LogP contribution is -2.41. The second-order valence-corrected chi connectivity index (χ2v) is 7.88. The summed E-state index contributed by atoms with van der Waals surface area (Å²) in [6.07, 6.45) is 1.22. The average molecular weight is 386 g/mol. The molecule has 2 aromatic rings. The van der Waals surface area contributed by atoms with E-state index in [1.54, 1.807) is 0 Å². The third-order valence-electron chi connectivity index (χ3n) is 4.93. The van der Waals surface area contributed by atoms with Gasteiger partial charge in [0, 0.05) is 12.1 Å². The number of carboxylic acids is 1. The zero-order valence-electron chi connectivity index (χ0n) is 17.5. The molecule has 1 aromatic heterocycles. The number of nitrogens with zero attached hydrogens (tertiary/aromatic N) is 2. The summed E-state index contributed by atoms with van der Waals surface area (Å²) in [5, 5.41) is 16.5. The Bertz CT molecular complexity index is 822. The normalized spacial score (nSPS) is 12.2. The molecule has 0 aliphatic carbocycles. The lowest BCUT2D eigenvalue weighted by atomic mass is 10.0. The van der Waals surface area contributed by atoms with Crippen LogP contribution >= 0.6 is 0 Å². The number of nitrogens with one attached hydrogen (secondary N) is 1. The number of rotatable bonds is 9. The molecule has 0 spiro atoms. The molecule has 0 saturated carbocycles. The second-order valence-electron chi connectivity index (χ2n) is 7.88. The first-order valence-corrected chi connectivity index (χ1v) is 9.78. The van der Waals surface area contributed by atoms with Crippen LogP contribution in [0, 0.1) is 26.7 Å². The molecule has 6 nitrogen and oxygen atoms in total. The molecule has 0 aliphatic heterocycles. The number of amides is 1. The van der Waals surface area contributed by atoms with Gasteiger partial charge >= 0.3 is 5.97 Å². The van der Waals surface area contributed by atoms with Gasteiger partial charge in [-0.1, -0.05) is 43.7 Å². The Morgan fingerprint density at radius 2 is 1.79 bits per heavy atom. The van der Waals surface area contributed by atoms with E-state index < -0.39 is 12.0 Å². The number of aromatic nitrogens is 2. The highest BCUT2D eigenvalue weighted by molar-refractivity contribution is 5.83. The van der Waals surface area contributed by atoms with Crippen molar-refractivity contribution in [3.63, 3.8) is 0 Å². The minimum absolute atomic E-state index is 0.200. The van der Waals surface area contributed by atoms with E-state index in [0.29, 0.717) is 19.4 Å². The molecule has 0 saturated heterocycles. The number of hydrogen-bond donors (Lipinski definition) is 2. The molecule has 152 valence electrons. The monoisotopic (exact) mass is 385 g/mol. The maximum Gasteiger partial charge on any atom is 0.326 e. The van der Waals surface area contributed by atoms with E-state index >= 15 is 0 Å². The number of aliphatic carboxylic acids is 1. The smallest absolute Gasteiger partial charge is 0.326 e. The molecule has 2 rings (SSSR count). The largest absolute Gasteiger partial charge is 0.480 e. The molecule has 1 atom stereocenters. The second kappa shape index (κ2) is 9.53. The molecule has 0 bridgehead atoms. The van der Waals surface area contributed by atoms with Crippen LogP contribution in [0.4, 0.5) is 0 Å². The first-order chi connectivity index (χ1) is 13.2. The fraction of sp³-hybridized carbons (Fsp3) is 0.500. The van der Waals surface area contributed by atoms with E-state index in [4.69, 9.17) is 0 Å². The van der Waals surface area contributed by atoms with Gasteiger partial charge in [-0.25, -0.2) is 4.79 Å². The third kappa shape index (κ3) is 5.94. The predicted octanol–water partition coefficient (Wildman–Crippen LogP) is 3.40. The van der Waals surface area contributed by atoms with Crippen LogP contribution in [0.25, 0.3) is 0 Å². The van der Waals surface area contributed by atoms with Crippen LogP contribution in [0.15, 0.2) is 24.3 Å². The van der Waals surface area contributed by atoms with Gasteiger partial charge < -0.3 is 10.4 Å². The quantitative estimate of drug-likeness (QED) is 0.693. The van der Waals surface area contributed by atoms with Crippen molar-refractivity contribution in [3.8, 4) is 0 Å². The molecule has 0 aliphatic rings.